The lowest BCUT2D eigenvalue weighted by Gasteiger charge is -2.10. The number of ether oxygens (including phenoxy) is 1. The smallest absolute Gasteiger partial charge is 0.416 e. The van der Waals surface area contributed by atoms with E-state index in [4.69, 9.17) is 10.5 Å². The van der Waals surface area contributed by atoms with Crippen molar-refractivity contribution in [3.05, 3.63) is 65.0 Å². The van der Waals surface area contributed by atoms with Gasteiger partial charge in [0.1, 0.15) is 18.2 Å². The fraction of sp³-hybridized carbons (Fsp3) is 0.200. The third-order valence-electron chi connectivity index (χ3n) is 2.93. The molecule has 0 unspecified atom stereocenters. The average Bonchev–Trinajstić information content (AvgIpc) is 2.45. The van der Waals surface area contributed by atoms with Crippen LogP contribution < -0.4 is 10.5 Å². The van der Waals surface area contributed by atoms with Gasteiger partial charge in [-0.2, -0.15) is 13.2 Å². The van der Waals surface area contributed by atoms with E-state index in [0.29, 0.717) is 11.1 Å². The van der Waals surface area contributed by atoms with Crippen molar-refractivity contribution in [2.75, 3.05) is 0 Å². The summed E-state index contributed by atoms with van der Waals surface area (Å²) in [7, 11) is 0. The molecule has 0 aliphatic carbocycles. The normalized spacial score (nSPS) is 11.5. The highest BCUT2D eigenvalue weighted by atomic mass is 19.4. The van der Waals surface area contributed by atoms with Crippen LogP contribution in [0.4, 0.5) is 17.6 Å². The van der Waals surface area contributed by atoms with E-state index >= 15 is 0 Å². The second kappa shape index (κ2) is 6.13. The molecular formula is C15H13F4NO. The largest absolute Gasteiger partial charge is 0.489 e. The van der Waals surface area contributed by atoms with Crippen LogP contribution in [-0.2, 0) is 19.3 Å². The van der Waals surface area contributed by atoms with Gasteiger partial charge >= 0.3 is 6.18 Å². The van der Waals surface area contributed by atoms with Gasteiger partial charge in [-0.3, -0.25) is 0 Å². The zero-order valence-corrected chi connectivity index (χ0v) is 11.0. The van der Waals surface area contributed by atoms with E-state index in [1.165, 1.54) is 18.2 Å². The van der Waals surface area contributed by atoms with Crippen LogP contribution in [0.3, 0.4) is 0 Å². The SMILES string of the molecule is NCc1ccc(COc2ccc(C(F)(F)F)cc2)c(F)c1. The van der Waals surface area contributed by atoms with E-state index < -0.39 is 17.6 Å². The predicted molar refractivity (Wildman–Crippen MR) is 70.1 cm³/mol. The average molecular weight is 299 g/mol. The molecule has 0 spiro atoms. The van der Waals surface area contributed by atoms with Gasteiger partial charge in [0, 0.05) is 12.1 Å². The van der Waals surface area contributed by atoms with E-state index in [0.717, 1.165) is 12.1 Å². The van der Waals surface area contributed by atoms with E-state index in [9.17, 15) is 17.6 Å². The Labute approximate surface area is 119 Å². The maximum absolute atomic E-state index is 13.7. The van der Waals surface area contributed by atoms with Crippen LogP contribution in [-0.4, -0.2) is 0 Å². The maximum Gasteiger partial charge on any atom is 0.416 e. The zero-order chi connectivity index (χ0) is 15.5. The first-order chi connectivity index (χ1) is 9.90. The van der Waals surface area contributed by atoms with E-state index in [-0.39, 0.29) is 18.9 Å². The Balaban J connectivity index is 2.03. The van der Waals surface area contributed by atoms with Crippen LogP contribution in [0.1, 0.15) is 16.7 Å². The molecule has 112 valence electrons. The minimum absolute atomic E-state index is 0.0674. The van der Waals surface area contributed by atoms with Gasteiger partial charge in [-0.15, -0.1) is 0 Å². The molecule has 0 amide bonds. The fourth-order valence-corrected chi connectivity index (χ4v) is 1.74. The van der Waals surface area contributed by atoms with Crippen molar-refractivity contribution in [1.82, 2.24) is 0 Å². The molecule has 6 heteroatoms. The molecule has 0 fully saturated rings. The monoisotopic (exact) mass is 299 g/mol. The summed E-state index contributed by atoms with van der Waals surface area (Å²) in [6, 6.07) is 8.78. The lowest BCUT2D eigenvalue weighted by Crippen LogP contribution is -2.05. The van der Waals surface area contributed by atoms with Crippen LogP contribution in [0.5, 0.6) is 5.75 Å². The van der Waals surface area contributed by atoms with Crippen LogP contribution in [0.15, 0.2) is 42.5 Å². The zero-order valence-electron chi connectivity index (χ0n) is 11.0. The Kier molecular flexibility index (Phi) is 4.47. The summed E-state index contributed by atoms with van der Waals surface area (Å²) in [6.45, 7) is 0.166. The molecule has 0 radical (unpaired) electrons. The molecule has 0 saturated carbocycles. The van der Waals surface area contributed by atoms with Gasteiger partial charge in [0.15, 0.2) is 0 Å². The van der Waals surface area contributed by atoms with Crippen molar-refractivity contribution in [2.45, 2.75) is 19.3 Å². The fourth-order valence-electron chi connectivity index (χ4n) is 1.74. The first kappa shape index (κ1) is 15.3. The second-order valence-electron chi connectivity index (χ2n) is 4.44. The number of benzene rings is 2. The van der Waals surface area contributed by atoms with E-state index in [1.54, 1.807) is 12.1 Å². The van der Waals surface area contributed by atoms with Gasteiger partial charge < -0.3 is 10.5 Å². The topological polar surface area (TPSA) is 35.2 Å². The Morgan fingerprint density at radius 2 is 1.67 bits per heavy atom. The number of alkyl halides is 3. The van der Waals surface area contributed by atoms with Crippen LogP contribution in [0.25, 0.3) is 0 Å². The molecule has 0 heterocycles. The van der Waals surface area contributed by atoms with Gasteiger partial charge in [-0.05, 0) is 35.9 Å². The standard InChI is InChI=1S/C15H13F4NO/c16-14-7-10(8-20)1-2-11(14)9-21-13-5-3-12(4-6-13)15(17,18)19/h1-7H,8-9,20H2. The quantitative estimate of drug-likeness (QED) is 0.870. The third-order valence-corrected chi connectivity index (χ3v) is 2.93. The molecule has 0 atom stereocenters. The molecule has 0 aromatic heterocycles. The van der Waals surface area contributed by atoms with Crippen molar-refractivity contribution >= 4 is 0 Å². The third kappa shape index (κ3) is 3.95. The summed E-state index contributed by atoms with van der Waals surface area (Å²) in [5, 5.41) is 0. The molecular weight excluding hydrogens is 286 g/mol. The molecule has 0 aliphatic rings. The van der Waals surface area contributed by atoms with Crippen molar-refractivity contribution in [3.8, 4) is 5.75 Å². The molecule has 2 aromatic carbocycles. The number of nitrogens with two attached hydrogens (primary N) is 1. The molecule has 0 aliphatic heterocycles. The second-order valence-corrected chi connectivity index (χ2v) is 4.44. The van der Waals surface area contributed by atoms with E-state index in [2.05, 4.69) is 0 Å². The van der Waals surface area contributed by atoms with Crippen LogP contribution in [0.2, 0.25) is 0 Å². The number of halogens is 4. The van der Waals surface area contributed by atoms with Crippen molar-refractivity contribution in [3.63, 3.8) is 0 Å². The Hall–Kier alpha value is -2.08. The van der Waals surface area contributed by atoms with Crippen molar-refractivity contribution in [1.29, 1.82) is 0 Å². The summed E-state index contributed by atoms with van der Waals surface area (Å²) in [5.41, 5.74) is 5.61. The molecule has 0 bridgehead atoms. The number of hydrogen-bond acceptors (Lipinski definition) is 2. The maximum atomic E-state index is 13.7. The lowest BCUT2D eigenvalue weighted by molar-refractivity contribution is -0.137. The van der Waals surface area contributed by atoms with Gasteiger partial charge in [-0.25, -0.2) is 4.39 Å². The highest BCUT2D eigenvalue weighted by Gasteiger charge is 2.29. The van der Waals surface area contributed by atoms with Crippen LogP contribution in [0, 0.1) is 5.82 Å². The minimum atomic E-state index is -4.39. The summed E-state index contributed by atoms with van der Waals surface area (Å²) in [4.78, 5) is 0. The summed E-state index contributed by atoms with van der Waals surface area (Å²) >= 11 is 0. The van der Waals surface area contributed by atoms with Gasteiger partial charge in [-0.1, -0.05) is 12.1 Å². The molecule has 2 aromatic rings. The molecule has 2 nitrogen and oxygen atoms in total. The highest BCUT2D eigenvalue weighted by Crippen LogP contribution is 2.30. The van der Waals surface area contributed by atoms with E-state index in [1.807, 2.05) is 0 Å². The summed E-state index contributed by atoms with van der Waals surface area (Å²) in [5.74, 6) is -0.213. The first-order valence-electron chi connectivity index (χ1n) is 6.17. The van der Waals surface area contributed by atoms with Crippen molar-refractivity contribution < 1.29 is 22.3 Å². The number of rotatable bonds is 4. The van der Waals surface area contributed by atoms with Gasteiger partial charge in [0.2, 0.25) is 0 Å². The highest BCUT2D eigenvalue weighted by molar-refractivity contribution is 5.30. The van der Waals surface area contributed by atoms with Crippen molar-refractivity contribution in [2.24, 2.45) is 5.73 Å². The molecule has 2 N–H and O–H groups in total. The lowest BCUT2D eigenvalue weighted by atomic mass is 10.1. The summed E-state index contributed by atoms with van der Waals surface area (Å²) in [6.07, 6.45) is -4.39. The minimum Gasteiger partial charge on any atom is -0.489 e. The van der Waals surface area contributed by atoms with Crippen LogP contribution >= 0.6 is 0 Å². The number of hydrogen-bond donors (Lipinski definition) is 1. The predicted octanol–water partition coefficient (Wildman–Crippen LogP) is 3.88. The molecule has 2 rings (SSSR count). The molecule has 0 saturated heterocycles. The first-order valence-corrected chi connectivity index (χ1v) is 6.17. The van der Waals surface area contributed by atoms with Gasteiger partial charge in [0.25, 0.3) is 0 Å². The Morgan fingerprint density at radius 1 is 1.00 bits per heavy atom. The van der Waals surface area contributed by atoms with Gasteiger partial charge in [0.05, 0.1) is 5.56 Å². The summed E-state index contributed by atoms with van der Waals surface area (Å²) < 4.78 is 56.1. The Morgan fingerprint density at radius 3 is 2.19 bits per heavy atom. The Bertz CT molecular complexity index is 608. The molecule has 21 heavy (non-hydrogen) atoms.